The molecule has 25 heavy (non-hydrogen) atoms. The number of hydrogen-bond acceptors (Lipinski definition) is 3. The first-order chi connectivity index (χ1) is 12.3. The van der Waals surface area contributed by atoms with Gasteiger partial charge in [0.25, 0.3) is 0 Å². The maximum atomic E-state index is 11.6. The number of ether oxygens (including phenoxy) is 2. The molecule has 0 radical (unpaired) electrons. The number of benzene rings is 2. The summed E-state index contributed by atoms with van der Waals surface area (Å²) in [6.07, 6.45) is 7.84. The summed E-state index contributed by atoms with van der Waals surface area (Å²) < 4.78 is 10.2. The van der Waals surface area contributed by atoms with E-state index >= 15 is 0 Å². The highest BCUT2D eigenvalue weighted by Crippen LogP contribution is 2.32. The van der Waals surface area contributed by atoms with Gasteiger partial charge in [-0.2, -0.15) is 0 Å². The summed E-state index contributed by atoms with van der Waals surface area (Å²) in [4.78, 5) is 11.6. The first kappa shape index (κ1) is 17.5. The third-order valence-electron chi connectivity index (χ3n) is 4.83. The topological polar surface area (TPSA) is 35.5 Å². The van der Waals surface area contributed by atoms with Gasteiger partial charge in [-0.1, -0.05) is 61.7 Å². The molecule has 0 bridgehead atoms. The maximum Gasteiger partial charge on any atom is 0.513 e. The molecule has 0 atom stereocenters. The van der Waals surface area contributed by atoms with Crippen molar-refractivity contribution >= 4 is 6.16 Å². The third kappa shape index (κ3) is 5.63. The van der Waals surface area contributed by atoms with Gasteiger partial charge in [-0.3, -0.25) is 0 Å². The van der Waals surface area contributed by atoms with E-state index in [9.17, 15) is 4.79 Å². The Bertz CT molecular complexity index is 643. The summed E-state index contributed by atoms with van der Waals surface area (Å²) in [5.41, 5.74) is 2.77. The highest BCUT2D eigenvalue weighted by Gasteiger charge is 2.15. The van der Waals surface area contributed by atoms with Crippen LogP contribution in [0.3, 0.4) is 0 Å². The Kier molecular flexibility index (Phi) is 6.49. The molecule has 0 aliphatic heterocycles. The molecule has 3 nitrogen and oxygen atoms in total. The molecular weight excluding hydrogens is 312 g/mol. The molecular formula is C22H26O3. The van der Waals surface area contributed by atoms with Crippen molar-refractivity contribution in [3.8, 4) is 5.75 Å². The third-order valence-corrected chi connectivity index (χ3v) is 4.83. The van der Waals surface area contributed by atoms with Gasteiger partial charge in [0.1, 0.15) is 5.75 Å². The monoisotopic (exact) mass is 338 g/mol. The average Bonchev–Trinajstić information content (AvgIpc) is 2.67. The number of rotatable bonds is 6. The molecule has 0 unspecified atom stereocenters. The molecule has 0 N–H and O–H groups in total. The van der Waals surface area contributed by atoms with E-state index in [2.05, 4.69) is 24.3 Å². The number of aryl methyl sites for hydroxylation is 1. The Hall–Kier alpha value is -2.29. The molecule has 2 aromatic rings. The zero-order valence-electron chi connectivity index (χ0n) is 14.7. The van der Waals surface area contributed by atoms with E-state index in [0.29, 0.717) is 12.4 Å². The van der Waals surface area contributed by atoms with Crippen molar-refractivity contribution in [2.45, 2.75) is 50.9 Å². The van der Waals surface area contributed by atoms with Crippen molar-refractivity contribution in [2.24, 2.45) is 0 Å². The van der Waals surface area contributed by atoms with Crippen LogP contribution in [0.2, 0.25) is 0 Å². The second kappa shape index (κ2) is 9.26. The van der Waals surface area contributed by atoms with Crippen LogP contribution >= 0.6 is 0 Å². The Morgan fingerprint density at radius 1 is 0.920 bits per heavy atom. The SMILES string of the molecule is O=C(OCCCc1ccc(C2CCCCC2)cc1)Oc1ccccc1. The Balaban J connectivity index is 1.36. The molecule has 1 fully saturated rings. The molecule has 0 amide bonds. The minimum absolute atomic E-state index is 0.371. The molecule has 0 aromatic heterocycles. The van der Waals surface area contributed by atoms with Crippen molar-refractivity contribution in [3.63, 3.8) is 0 Å². The summed E-state index contributed by atoms with van der Waals surface area (Å²) in [6.45, 7) is 0.371. The van der Waals surface area contributed by atoms with Crippen molar-refractivity contribution < 1.29 is 14.3 Å². The maximum absolute atomic E-state index is 11.6. The van der Waals surface area contributed by atoms with Crippen LogP contribution in [0.15, 0.2) is 54.6 Å². The standard InChI is InChI=1S/C22H26O3/c23-22(25-21-11-5-2-6-12-21)24-17-7-8-18-13-15-20(16-14-18)19-9-3-1-4-10-19/h2,5-6,11-16,19H,1,3-4,7-10,17H2. The smallest absolute Gasteiger partial charge is 0.434 e. The molecule has 2 aromatic carbocycles. The number of carbonyl (C=O) groups is 1. The molecule has 1 saturated carbocycles. The van der Waals surface area contributed by atoms with Crippen molar-refractivity contribution in [3.05, 3.63) is 65.7 Å². The predicted molar refractivity (Wildman–Crippen MR) is 99.0 cm³/mol. The first-order valence-electron chi connectivity index (χ1n) is 9.30. The van der Waals surface area contributed by atoms with Gasteiger partial charge < -0.3 is 9.47 Å². The van der Waals surface area contributed by atoms with Crippen LogP contribution in [0.25, 0.3) is 0 Å². The molecule has 0 heterocycles. The summed E-state index contributed by atoms with van der Waals surface area (Å²) in [6, 6.07) is 17.9. The van der Waals surface area contributed by atoms with E-state index in [1.807, 2.05) is 18.2 Å². The van der Waals surface area contributed by atoms with Gasteiger partial charge in [-0.25, -0.2) is 4.79 Å². The van der Waals surface area contributed by atoms with E-state index in [4.69, 9.17) is 9.47 Å². The van der Waals surface area contributed by atoms with E-state index in [1.54, 1.807) is 12.1 Å². The van der Waals surface area contributed by atoms with Gasteiger partial charge >= 0.3 is 6.16 Å². The van der Waals surface area contributed by atoms with Crippen LogP contribution in [-0.2, 0) is 11.2 Å². The summed E-state index contributed by atoms with van der Waals surface area (Å²) in [7, 11) is 0. The zero-order valence-corrected chi connectivity index (χ0v) is 14.7. The highest BCUT2D eigenvalue weighted by atomic mass is 16.7. The van der Waals surface area contributed by atoms with Crippen LogP contribution < -0.4 is 4.74 Å². The Labute approximate surface area is 150 Å². The quantitative estimate of drug-likeness (QED) is 0.375. The lowest BCUT2D eigenvalue weighted by Gasteiger charge is -2.22. The van der Waals surface area contributed by atoms with Crippen LogP contribution in [0.4, 0.5) is 4.79 Å². The van der Waals surface area contributed by atoms with Gasteiger partial charge in [0.05, 0.1) is 6.61 Å². The number of hydrogen-bond donors (Lipinski definition) is 0. The van der Waals surface area contributed by atoms with Gasteiger partial charge in [0.2, 0.25) is 0 Å². The average molecular weight is 338 g/mol. The minimum atomic E-state index is -0.640. The molecule has 0 spiro atoms. The van der Waals surface area contributed by atoms with Crippen molar-refractivity contribution in [1.82, 2.24) is 0 Å². The largest absolute Gasteiger partial charge is 0.513 e. The van der Waals surface area contributed by atoms with E-state index < -0.39 is 6.16 Å². The second-order valence-electron chi connectivity index (χ2n) is 6.69. The fraction of sp³-hybridized carbons (Fsp3) is 0.409. The molecule has 132 valence electrons. The van der Waals surface area contributed by atoms with Crippen LogP contribution in [0, 0.1) is 0 Å². The highest BCUT2D eigenvalue weighted by molar-refractivity contribution is 5.63. The lowest BCUT2D eigenvalue weighted by Crippen LogP contribution is -2.11. The summed E-state index contributed by atoms with van der Waals surface area (Å²) in [5.74, 6) is 1.25. The normalized spacial score (nSPS) is 14.9. The summed E-state index contributed by atoms with van der Waals surface area (Å²) in [5, 5.41) is 0. The van der Waals surface area contributed by atoms with E-state index in [-0.39, 0.29) is 0 Å². The van der Waals surface area contributed by atoms with Gasteiger partial charge in [0, 0.05) is 0 Å². The van der Waals surface area contributed by atoms with E-state index in [0.717, 1.165) is 18.8 Å². The minimum Gasteiger partial charge on any atom is -0.434 e. The number of para-hydroxylation sites is 1. The fourth-order valence-electron chi connectivity index (χ4n) is 3.44. The zero-order chi connectivity index (χ0) is 17.3. The van der Waals surface area contributed by atoms with E-state index in [1.165, 1.54) is 43.2 Å². The summed E-state index contributed by atoms with van der Waals surface area (Å²) >= 11 is 0. The van der Waals surface area contributed by atoms with Gasteiger partial charge in [-0.05, 0) is 54.9 Å². The Morgan fingerprint density at radius 2 is 1.64 bits per heavy atom. The van der Waals surface area contributed by atoms with Gasteiger partial charge in [0.15, 0.2) is 0 Å². The lowest BCUT2D eigenvalue weighted by atomic mass is 9.84. The molecule has 1 aliphatic carbocycles. The molecule has 3 heteroatoms. The van der Waals surface area contributed by atoms with Crippen molar-refractivity contribution in [2.75, 3.05) is 6.61 Å². The Morgan fingerprint density at radius 3 is 2.36 bits per heavy atom. The van der Waals surface area contributed by atoms with Crippen LogP contribution in [0.1, 0.15) is 55.6 Å². The van der Waals surface area contributed by atoms with Crippen LogP contribution in [0.5, 0.6) is 5.75 Å². The lowest BCUT2D eigenvalue weighted by molar-refractivity contribution is 0.0981. The van der Waals surface area contributed by atoms with Gasteiger partial charge in [-0.15, -0.1) is 0 Å². The number of carbonyl (C=O) groups excluding carboxylic acids is 1. The van der Waals surface area contributed by atoms with Crippen LogP contribution in [-0.4, -0.2) is 12.8 Å². The molecule has 1 aliphatic rings. The first-order valence-corrected chi connectivity index (χ1v) is 9.30. The second-order valence-corrected chi connectivity index (χ2v) is 6.69. The predicted octanol–water partition coefficient (Wildman–Crippen LogP) is 5.88. The molecule has 0 saturated heterocycles. The van der Waals surface area contributed by atoms with Crippen molar-refractivity contribution in [1.29, 1.82) is 0 Å². The fourth-order valence-corrected chi connectivity index (χ4v) is 3.44. The molecule has 3 rings (SSSR count).